The summed E-state index contributed by atoms with van der Waals surface area (Å²) in [6.45, 7) is 5.97. The van der Waals surface area contributed by atoms with E-state index in [9.17, 15) is 78.0 Å². The lowest BCUT2D eigenvalue weighted by Crippen LogP contribution is -2.62. The zero-order chi connectivity index (χ0) is 63.6. The average Bonchev–Trinajstić information content (AvgIpc) is 3.64. The van der Waals surface area contributed by atoms with Crippen molar-refractivity contribution < 1.29 is 78.0 Å². The number of carboxylic acid groups (broad SMARTS) is 2. The number of aliphatic imine (C=N–C) groups is 1. The van der Waals surface area contributed by atoms with E-state index in [0.29, 0.717) is 44.2 Å². The SMILES string of the molecule is CC[C@H](C)[C@H](NC(=O)[C@H](CCCCN)NC(=O)[C@H](CCCCN)NC(=O)CN)C(=O)N[C@@H](C)C(=O)N[C@H](C(=O)N[C@@H](Cc1ccc(O)cc1)C(=O)N[C@@H](CCC(N)=O)C(=O)N[C@@H](CCC(=O)O)C(=O)N[C@@H](CCCN=C(N)N)C(=O)O)[C@@H](C)O. The second-order valence-corrected chi connectivity index (χ2v) is 20.1. The molecule has 1 rings (SSSR count). The fraction of sp³-hybridized carbons (Fsp3) is 0.635. The number of aromatic hydroxyl groups is 1. The number of carbonyl (C=O) groups is 12. The number of nitrogens with zero attached hydrogens (tertiary/aromatic N) is 1. The van der Waals surface area contributed by atoms with Gasteiger partial charge in [-0.15, -0.1) is 0 Å². The molecule has 10 amide bonds. The molecule has 0 aromatic heterocycles. The summed E-state index contributed by atoms with van der Waals surface area (Å²) in [6, 6.07) is -8.33. The van der Waals surface area contributed by atoms with Crippen molar-refractivity contribution in [2.24, 2.45) is 45.3 Å². The van der Waals surface area contributed by atoms with Gasteiger partial charge < -0.3 is 103 Å². The van der Waals surface area contributed by atoms with Gasteiger partial charge >= 0.3 is 11.9 Å². The zero-order valence-corrected chi connectivity index (χ0v) is 48.0. The van der Waals surface area contributed by atoms with Gasteiger partial charge in [0.05, 0.1) is 12.6 Å². The first-order chi connectivity index (χ1) is 39.6. The van der Waals surface area contributed by atoms with Gasteiger partial charge in [0.2, 0.25) is 59.1 Å². The lowest BCUT2D eigenvalue weighted by Gasteiger charge is -2.29. The molecule has 472 valence electrons. The third-order valence-electron chi connectivity index (χ3n) is 13.1. The number of amides is 10. The van der Waals surface area contributed by atoms with E-state index >= 15 is 0 Å². The number of carboxylic acids is 2. The number of guanidine groups is 1. The number of carbonyl (C=O) groups excluding carboxylic acids is 10. The van der Waals surface area contributed by atoms with Crippen LogP contribution in [0.25, 0.3) is 0 Å². The highest BCUT2D eigenvalue weighted by Crippen LogP contribution is 2.15. The van der Waals surface area contributed by atoms with Crippen LogP contribution in [0, 0.1) is 5.92 Å². The minimum atomic E-state index is -1.85. The molecule has 0 saturated carbocycles. The summed E-state index contributed by atoms with van der Waals surface area (Å²) in [6.07, 6.45) is -2.07. The Balaban J connectivity index is 3.52. The van der Waals surface area contributed by atoms with Crippen LogP contribution in [-0.2, 0) is 64.0 Å². The number of unbranched alkanes of at least 4 members (excludes halogenated alkanes) is 2. The summed E-state index contributed by atoms with van der Waals surface area (Å²) < 4.78 is 0. The molecule has 0 aliphatic heterocycles. The Morgan fingerprint density at radius 3 is 1.42 bits per heavy atom. The van der Waals surface area contributed by atoms with E-state index < -0.39 is 176 Å². The Hall–Kier alpha value is -8.23. The van der Waals surface area contributed by atoms with Crippen molar-refractivity contribution >= 4 is 77.0 Å². The second kappa shape index (κ2) is 39.3. The summed E-state index contributed by atoms with van der Waals surface area (Å²) in [5.41, 5.74) is 33.1. The molecule has 32 heteroatoms. The molecule has 1 aromatic rings. The van der Waals surface area contributed by atoms with Crippen molar-refractivity contribution in [2.45, 2.75) is 178 Å². The van der Waals surface area contributed by atoms with Crippen molar-refractivity contribution in [1.29, 1.82) is 0 Å². The summed E-state index contributed by atoms with van der Waals surface area (Å²) in [4.78, 5) is 163. The van der Waals surface area contributed by atoms with Crippen LogP contribution in [-0.4, -0.2) is 184 Å². The maximum absolute atomic E-state index is 14.3. The van der Waals surface area contributed by atoms with E-state index in [0.717, 1.165) is 6.92 Å². The van der Waals surface area contributed by atoms with Crippen molar-refractivity contribution in [3.05, 3.63) is 29.8 Å². The van der Waals surface area contributed by atoms with Crippen LogP contribution < -0.4 is 82.3 Å². The number of hydrogen-bond acceptors (Lipinski definition) is 18. The highest BCUT2D eigenvalue weighted by molar-refractivity contribution is 5.99. The molecule has 0 aliphatic rings. The van der Waals surface area contributed by atoms with Gasteiger partial charge in [-0.25, -0.2) is 4.79 Å². The van der Waals surface area contributed by atoms with Crippen LogP contribution in [0.2, 0.25) is 0 Å². The van der Waals surface area contributed by atoms with E-state index in [1.54, 1.807) is 13.8 Å². The Morgan fingerprint density at radius 2 is 0.952 bits per heavy atom. The summed E-state index contributed by atoms with van der Waals surface area (Å²) >= 11 is 0. The lowest BCUT2D eigenvalue weighted by molar-refractivity contribution is -0.143. The van der Waals surface area contributed by atoms with Crippen LogP contribution >= 0.6 is 0 Å². The molecule has 0 aliphatic carbocycles. The zero-order valence-electron chi connectivity index (χ0n) is 48.0. The number of aliphatic hydroxyl groups is 1. The van der Waals surface area contributed by atoms with Gasteiger partial charge in [-0.2, -0.15) is 0 Å². The Bertz CT molecular complexity index is 2390. The molecule has 11 atom stereocenters. The average molecular weight is 1190 g/mol. The van der Waals surface area contributed by atoms with Crippen LogP contribution in [0.3, 0.4) is 0 Å². The molecule has 0 saturated heterocycles. The number of primary amides is 1. The smallest absolute Gasteiger partial charge is 0.326 e. The van der Waals surface area contributed by atoms with Crippen LogP contribution in [0.5, 0.6) is 5.75 Å². The minimum Gasteiger partial charge on any atom is -0.508 e. The number of aliphatic hydroxyl groups excluding tert-OH is 1. The number of rotatable bonds is 42. The molecule has 0 radical (unpaired) electrons. The van der Waals surface area contributed by atoms with Crippen LogP contribution in [0.1, 0.15) is 117 Å². The van der Waals surface area contributed by atoms with Gasteiger partial charge in [0, 0.05) is 25.8 Å². The summed E-state index contributed by atoms with van der Waals surface area (Å²) in [5, 5.41) is 62.1. The number of nitrogens with one attached hydrogen (secondary N) is 9. The molecular formula is C52H88N16O16. The standard InChI is InChI=1S/C52H88N16O16/c1-5-27(2)41(67-47(79)33(12-7-9-23-54)62-44(76)32(11-6-8-22-53)61-39(72)26-55)49(81)60-28(3)43(75)68-42(29(4)69)50(82)66-37(25-30-14-16-31(70)17-15-30)48(80)64-34(18-20-38(56)71)45(77)63-35(19-21-40(73)74)46(78)65-36(51(83)84)13-10-24-59-52(57)58/h14-17,27-29,32-37,41-42,69-70H,5-13,18-26,53-55H2,1-4H3,(H2,56,71)(H,60,81)(H,61,72)(H,62,76)(H,63,77)(H,64,80)(H,65,78)(H,66,82)(H,67,79)(H,68,75)(H,73,74)(H,83,84)(H4,57,58,59)/t27-,28-,29+,32-,33-,34-,35-,36-,37-,41-,42-/m0/s1. The largest absolute Gasteiger partial charge is 0.508 e. The molecule has 1 aromatic carbocycles. The predicted octanol–water partition coefficient (Wildman–Crippen LogP) is -5.77. The van der Waals surface area contributed by atoms with Crippen molar-refractivity contribution in [3.63, 3.8) is 0 Å². The third kappa shape index (κ3) is 28.6. The van der Waals surface area contributed by atoms with Gasteiger partial charge in [0.25, 0.3) is 0 Å². The number of aliphatic carboxylic acids is 2. The van der Waals surface area contributed by atoms with Gasteiger partial charge in [0.1, 0.15) is 60.1 Å². The number of nitrogens with two attached hydrogens (primary N) is 6. The van der Waals surface area contributed by atoms with Gasteiger partial charge in [0.15, 0.2) is 5.96 Å². The van der Waals surface area contributed by atoms with E-state index in [1.807, 2.05) is 0 Å². The lowest BCUT2D eigenvalue weighted by atomic mass is 9.97. The molecular weight excluding hydrogens is 1100 g/mol. The molecule has 32 nitrogen and oxygen atoms in total. The van der Waals surface area contributed by atoms with Gasteiger partial charge in [-0.05, 0) is 115 Å². The minimum absolute atomic E-state index is 0.00333. The number of hydrogen-bond donors (Lipinski definition) is 19. The first-order valence-electron chi connectivity index (χ1n) is 27.7. The molecule has 0 fully saturated rings. The third-order valence-corrected chi connectivity index (χ3v) is 13.1. The van der Waals surface area contributed by atoms with Gasteiger partial charge in [-0.3, -0.25) is 57.7 Å². The maximum atomic E-state index is 14.3. The summed E-state index contributed by atoms with van der Waals surface area (Å²) in [7, 11) is 0. The first-order valence-corrected chi connectivity index (χ1v) is 27.7. The number of phenolic OH excluding ortho intramolecular Hbond substituents is 1. The Kier molecular flexibility index (Phi) is 34.5. The van der Waals surface area contributed by atoms with Gasteiger partial charge in [-0.1, -0.05) is 32.4 Å². The second-order valence-electron chi connectivity index (χ2n) is 20.1. The first kappa shape index (κ1) is 73.8. The number of benzene rings is 1. The fourth-order valence-corrected chi connectivity index (χ4v) is 8.07. The maximum Gasteiger partial charge on any atom is 0.326 e. The fourth-order valence-electron chi connectivity index (χ4n) is 8.07. The molecule has 25 N–H and O–H groups in total. The highest BCUT2D eigenvalue weighted by Gasteiger charge is 2.37. The number of phenols is 1. The van der Waals surface area contributed by atoms with E-state index in [1.165, 1.54) is 31.2 Å². The van der Waals surface area contributed by atoms with Crippen molar-refractivity contribution in [2.75, 3.05) is 26.2 Å². The molecule has 84 heavy (non-hydrogen) atoms. The Morgan fingerprint density at radius 1 is 0.512 bits per heavy atom. The predicted molar refractivity (Wildman–Crippen MR) is 304 cm³/mol. The Labute approximate surface area is 486 Å². The highest BCUT2D eigenvalue weighted by atomic mass is 16.4. The van der Waals surface area contributed by atoms with Crippen LogP contribution in [0.15, 0.2) is 29.3 Å². The molecule has 0 spiro atoms. The molecule has 0 bridgehead atoms. The van der Waals surface area contributed by atoms with Crippen LogP contribution in [0.4, 0.5) is 0 Å². The normalized spacial score (nSPS) is 14.9. The molecule has 0 unspecified atom stereocenters. The van der Waals surface area contributed by atoms with Crippen molar-refractivity contribution in [1.82, 2.24) is 47.9 Å². The quantitative estimate of drug-likeness (QED) is 0.0165. The van der Waals surface area contributed by atoms with E-state index in [4.69, 9.17) is 34.4 Å². The van der Waals surface area contributed by atoms with E-state index in [2.05, 4.69) is 52.8 Å². The molecule has 0 heterocycles. The summed E-state index contributed by atoms with van der Waals surface area (Å²) in [5.74, 6) is -13.4. The van der Waals surface area contributed by atoms with Crippen molar-refractivity contribution in [3.8, 4) is 5.75 Å². The van der Waals surface area contributed by atoms with E-state index in [-0.39, 0.29) is 50.5 Å². The monoisotopic (exact) mass is 1190 g/mol. The topological polar surface area (TPSA) is 563 Å².